The number of anilines is 1. The van der Waals surface area contributed by atoms with Crippen molar-refractivity contribution in [2.24, 2.45) is 17.8 Å². The van der Waals surface area contributed by atoms with Gasteiger partial charge in [-0.2, -0.15) is 0 Å². The fourth-order valence-electron chi connectivity index (χ4n) is 8.10. The molecule has 4 heterocycles. The largest absolute Gasteiger partial charge is 0.343 e. The summed E-state index contributed by atoms with van der Waals surface area (Å²) in [4.78, 5) is 49.1. The zero-order valence-corrected chi connectivity index (χ0v) is 27.5. The Morgan fingerprint density at radius 3 is 2.16 bits per heavy atom. The number of piperidine rings is 3. The summed E-state index contributed by atoms with van der Waals surface area (Å²) >= 11 is 0. The maximum absolute atomic E-state index is 14.1. The van der Waals surface area contributed by atoms with Crippen molar-refractivity contribution in [3.05, 3.63) is 64.7 Å². The molecule has 4 amide bonds. The fourth-order valence-corrected chi connectivity index (χ4v) is 8.10. The first-order valence-electron chi connectivity index (χ1n) is 17.2. The number of carbonyl (C=O) groups is 3. The molecular weight excluding hydrogens is 562 g/mol. The lowest BCUT2D eigenvalue weighted by Gasteiger charge is -2.41. The van der Waals surface area contributed by atoms with Crippen molar-refractivity contribution in [3.8, 4) is 0 Å². The second kappa shape index (κ2) is 13.9. The molecule has 2 aromatic carbocycles. The minimum absolute atomic E-state index is 0.0582. The molecule has 1 unspecified atom stereocenters. The predicted octanol–water partition coefficient (Wildman–Crippen LogP) is 5.47. The van der Waals surface area contributed by atoms with Gasteiger partial charge in [-0.1, -0.05) is 36.4 Å². The highest BCUT2D eigenvalue weighted by molar-refractivity contribution is 5.92. The summed E-state index contributed by atoms with van der Waals surface area (Å²) in [6.07, 6.45) is 7.02. The van der Waals surface area contributed by atoms with E-state index in [1.807, 2.05) is 28.0 Å². The van der Waals surface area contributed by atoms with E-state index in [-0.39, 0.29) is 36.2 Å². The van der Waals surface area contributed by atoms with Crippen molar-refractivity contribution >= 4 is 23.5 Å². The van der Waals surface area contributed by atoms with E-state index >= 15 is 0 Å². The van der Waals surface area contributed by atoms with Gasteiger partial charge in [-0.3, -0.25) is 9.59 Å². The molecule has 0 spiro atoms. The number of aryl methyl sites for hydroxylation is 2. The average molecular weight is 614 g/mol. The molecule has 0 bridgehead atoms. The molecule has 8 heteroatoms. The Kier molecular flexibility index (Phi) is 9.78. The maximum atomic E-state index is 14.1. The quantitative estimate of drug-likeness (QED) is 0.450. The molecule has 2 aromatic rings. The van der Waals surface area contributed by atoms with Gasteiger partial charge in [0.1, 0.15) is 0 Å². The fraction of sp³-hybridized carbons (Fsp3) is 0.595. The van der Waals surface area contributed by atoms with Gasteiger partial charge in [0.2, 0.25) is 11.8 Å². The van der Waals surface area contributed by atoms with Crippen LogP contribution in [0.2, 0.25) is 0 Å². The number of nitrogens with one attached hydrogen (secondary N) is 1. The summed E-state index contributed by atoms with van der Waals surface area (Å²) in [5.74, 6) is 1.33. The smallest absolute Gasteiger partial charge is 0.322 e. The number of benzene rings is 2. The summed E-state index contributed by atoms with van der Waals surface area (Å²) in [5.41, 5.74) is 5.59. The van der Waals surface area contributed by atoms with E-state index in [0.717, 1.165) is 61.5 Å². The third-order valence-corrected chi connectivity index (χ3v) is 11.2. The Morgan fingerprint density at radius 2 is 1.47 bits per heavy atom. The van der Waals surface area contributed by atoms with Crippen LogP contribution in [-0.2, 0) is 22.6 Å². The number of amides is 4. The van der Waals surface area contributed by atoms with Gasteiger partial charge in [-0.05, 0) is 119 Å². The van der Waals surface area contributed by atoms with Crippen LogP contribution >= 0.6 is 0 Å². The molecule has 242 valence electrons. The van der Waals surface area contributed by atoms with Crippen LogP contribution in [0.1, 0.15) is 67.2 Å². The second-order valence-electron chi connectivity index (χ2n) is 14.2. The third kappa shape index (κ3) is 7.37. The first kappa shape index (κ1) is 31.6. The van der Waals surface area contributed by atoms with Gasteiger partial charge in [-0.25, -0.2) is 4.79 Å². The van der Waals surface area contributed by atoms with Crippen molar-refractivity contribution < 1.29 is 14.4 Å². The summed E-state index contributed by atoms with van der Waals surface area (Å²) < 4.78 is 0. The number of likely N-dealkylation sites (tertiary alicyclic amines) is 3. The number of hydrogen-bond acceptors (Lipinski definition) is 4. The highest BCUT2D eigenvalue weighted by Crippen LogP contribution is 2.33. The van der Waals surface area contributed by atoms with E-state index in [9.17, 15) is 14.4 Å². The average Bonchev–Trinajstić information content (AvgIpc) is 3.06. The first-order chi connectivity index (χ1) is 21.7. The van der Waals surface area contributed by atoms with Crippen LogP contribution < -0.4 is 5.32 Å². The Labute approximate surface area is 269 Å². The topological polar surface area (TPSA) is 76.2 Å². The molecule has 0 aliphatic carbocycles. The lowest BCUT2D eigenvalue weighted by Crippen LogP contribution is -2.51. The highest BCUT2D eigenvalue weighted by Gasteiger charge is 2.36. The van der Waals surface area contributed by atoms with E-state index < -0.39 is 0 Å². The first-order valence-corrected chi connectivity index (χ1v) is 17.2. The number of rotatable bonds is 7. The standard InChI is InChI=1S/C37H51N5O3/c1-26-8-9-28(22-27(26)2)23-32(36(44)41-18-12-30(13-19-41)29-10-16-39(3)17-11-29)24-35(43)40-20-14-33(15-21-40)42-25-31-6-4-5-7-34(31)38-37(42)45/h4-9,22,29-30,32-33H,10-21,23-25H2,1-3H3,(H,38,45). The molecular formula is C37H51N5O3. The minimum Gasteiger partial charge on any atom is -0.343 e. The van der Waals surface area contributed by atoms with E-state index in [4.69, 9.17) is 0 Å². The van der Waals surface area contributed by atoms with E-state index in [2.05, 4.69) is 60.3 Å². The molecule has 4 aliphatic heterocycles. The van der Waals surface area contributed by atoms with Crippen LogP contribution in [0.4, 0.5) is 10.5 Å². The van der Waals surface area contributed by atoms with Gasteiger partial charge < -0.3 is 24.9 Å². The van der Waals surface area contributed by atoms with Gasteiger partial charge in [0.05, 0.1) is 5.92 Å². The summed E-state index contributed by atoms with van der Waals surface area (Å²) in [5, 5.41) is 3.03. The molecule has 0 saturated carbocycles. The van der Waals surface area contributed by atoms with E-state index in [0.29, 0.717) is 32.0 Å². The summed E-state index contributed by atoms with van der Waals surface area (Å²) in [7, 11) is 2.21. The molecule has 3 fully saturated rings. The Morgan fingerprint density at radius 1 is 0.822 bits per heavy atom. The Hall–Kier alpha value is -3.39. The van der Waals surface area contributed by atoms with Crippen LogP contribution in [0.5, 0.6) is 0 Å². The normalized spacial score (nSPS) is 21.4. The zero-order chi connectivity index (χ0) is 31.5. The minimum atomic E-state index is -0.360. The predicted molar refractivity (Wildman–Crippen MR) is 178 cm³/mol. The monoisotopic (exact) mass is 613 g/mol. The van der Waals surface area contributed by atoms with E-state index in [1.165, 1.54) is 37.1 Å². The van der Waals surface area contributed by atoms with Crippen LogP contribution in [-0.4, -0.2) is 89.8 Å². The zero-order valence-electron chi connectivity index (χ0n) is 27.5. The molecule has 1 atom stereocenters. The molecule has 0 aromatic heterocycles. The van der Waals surface area contributed by atoms with Gasteiger partial charge in [0.15, 0.2) is 0 Å². The number of urea groups is 1. The van der Waals surface area contributed by atoms with Crippen molar-refractivity contribution in [3.63, 3.8) is 0 Å². The van der Waals surface area contributed by atoms with Crippen LogP contribution in [0.15, 0.2) is 42.5 Å². The molecule has 0 radical (unpaired) electrons. The number of carbonyl (C=O) groups excluding carboxylic acids is 3. The molecule has 3 saturated heterocycles. The van der Waals surface area contributed by atoms with Gasteiger partial charge in [0, 0.05) is 50.9 Å². The van der Waals surface area contributed by atoms with Crippen molar-refractivity contribution in [1.82, 2.24) is 19.6 Å². The second-order valence-corrected chi connectivity index (χ2v) is 14.2. The number of para-hydroxylation sites is 1. The molecule has 45 heavy (non-hydrogen) atoms. The number of fused-ring (bicyclic) bond motifs is 1. The molecule has 8 nitrogen and oxygen atoms in total. The third-order valence-electron chi connectivity index (χ3n) is 11.2. The molecule has 6 rings (SSSR count). The van der Waals surface area contributed by atoms with Gasteiger partial charge >= 0.3 is 6.03 Å². The molecule has 4 aliphatic rings. The van der Waals surface area contributed by atoms with Crippen LogP contribution in [0.3, 0.4) is 0 Å². The van der Waals surface area contributed by atoms with Crippen molar-refractivity contribution in [2.75, 3.05) is 51.6 Å². The van der Waals surface area contributed by atoms with Crippen LogP contribution in [0.25, 0.3) is 0 Å². The van der Waals surface area contributed by atoms with Crippen molar-refractivity contribution in [2.45, 2.75) is 77.8 Å². The summed E-state index contributed by atoms with van der Waals surface area (Å²) in [6, 6.07) is 14.4. The maximum Gasteiger partial charge on any atom is 0.322 e. The SMILES string of the molecule is Cc1ccc(CC(CC(=O)N2CCC(N3Cc4ccccc4NC3=O)CC2)C(=O)N2CCC(C3CCN(C)CC3)CC2)cc1C. The number of hydrogen-bond donors (Lipinski definition) is 1. The number of nitrogens with zero attached hydrogens (tertiary/aromatic N) is 4. The van der Waals surface area contributed by atoms with Gasteiger partial charge in [0.25, 0.3) is 0 Å². The van der Waals surface area contributed by atoms with Gasteiger partial charge in [-0.15, -0.1) is 0 Å². The lowest BCUT2D eigenvalue weighted by atomic mass is 9.78. The highest BCUT2D eigenvalue weighted by atomic mass is 16.2. The Bertz CT molecular complexity index is 1370. The van der Waals surface area contributed by atoms with Crippen LogP contribution in [0, 0.1) is 31.6 Å². The lowest BCUT2D eigenvalue weighted by molar-refractivity contribution is -0.143. The van der Waals surface area contributed by atoms with E-state index in [1.54, 1.807) is 0 Å². The van der Waals surface area contributed by atoms with Crippen molar-refractivity contribution in [1.29, 1.82) is 0 Å². The summed E-state index contributed by atoms with van der Waals surface area (Å²) in [6.45, 7) is 10.0. The Balaban J connectivity index is 1.07. The molecule has 1 N–H and O–H groups in total.